The fraction of sp³-hybridized carbons (Fsp3) is 0.263. The Morgan fingerprint density at radius 1 is 1.12 bits per heavy atom. The normalized spacial score (nSPS) is 21.1. The van der Waals surface area contributed by atoms with E-state index in [0.29, 0.717) is 0 Å². The van der Waals surface area contributed by atoms with Gasteiger partial charge >= 0.3 is 5.97 Å². The van der Waals surface area contributed by atoms with Gasteiger partial charge in [-0.1, -0.05) is 42.5 Å². The minimum absolute atomic E-state index is 0.180. The van der Waals surface area contributed by atoms with Crippen molar-refractivity contribution in [2.24, 2.45) is 0 Å². The Morgan fingerprint density at radius 2 is 1.75 bits per heavy atom. The highest BCUT2D eigenvalue weighted by molar-refractivity contribution is 5.91. The molecule has 0 radical (unpaired) electrons. The molecule has 4 nitrogen and oxygen atoms in total. The molecule has 2 unspecified atom stereocenters. The van der Waals surface area contributed by atoms with Crippen molar-refractivity contribution < 1.29 is 18.7 Å². The average Bonchev–Trinajstić information content (AvgIpc) is 2.58. The molecule has 5 heteroatoms. The fourth-order valence-corrected chi connectivity index (χ4v) is 3.10. The molecule has 1 aliphatic heterocycles. The first kappa shape index (κ1) is 16.2. The number of amides is 1. The highest BCUT2D eigenvalue weighted by atomic mass is 19.1. The fourth-order valence-electron chi connectivity index (χ4n) is 3.10. The summed E-state index contributed by atoms with van der Waals surface area (Å²) in [7, 11) is 0. The molecule has 1 aliphatic rings. The highest BCUT2D eigenvalue weighted by Crippen LogP contribution is 2.43. The van der Waals surface area contributed by atoms with Gasteiger partial charge in [-0.3, -0.25) is 9.59 Å². The van der Waals surface area contributed by atoms with E-state index in [4.69, 9.17) is 4.74 Å². The monoisotopic (exact) mass is 327 g/mol. The van der Waals surface area contributed by atoms with Crippen LogP contribution in [0.4, 0.5) is 4.39 Å². The lowest BCUT2D eigenvalue weighted by Gasteiger charge is -2.49. The summed E-state index contributed by atoms with van der Waals surface area (Å²) < 4.78 is 18.4. The van der Waals surface area contributed by atoms with Gasteiger partial charge in [0.2, 0.25) is 6.10 Å². The Bertz CT molecular complexity index is 745. The Morgan fingerprint density at radius 3 is 2.33 bits per heavy atom. The molecule has 0 aliphatic carbocycles. The van der Waals surface area contributed by atoms with Crippen LogP contribution >= 0.6 is 0 Å². The van der Waals surface area contributed by atoms with Gasteiger partial charge < -0.3 is 9.64 Å². The smallest absolute Gasteiger partial charge is 0.303 e. The van der Waals surface area contributed by atoms with E-state index in [1.807, 2.05) is 37.3 Å². The van der Waals surface area contributed by atoms with Crippen LogP contribution in [0, 0.1) is 5.82 Å². The molecular formula is C19H18FNO3. The van der Waals surface area contributed by atoms with Gasteiger partial charge in [0.25, 0.3) is 5.91 Å². The summed E-state index contributed by atoms with van der Waals surface area (Å²) in [6.45, 7) is 3.20. The lowest BCUT2D eigenvalue weighted by molar-refractivity contribution is -0.186. The first-order chi connectivity index (χ1) is 11.5. The van der Waals surface area contributed by atoms with Crippen LogP contribution in [-0.2, 0) is 14.3 Å². The molecule has 1 saturated heterocycles. The molecule has 3 atom stereocenters. The van der Waals surface area contributed by atoms with E-state index in [1.165, 1.54) is 19.1 Å². The summed E-state index contributed by atoms with van der Waals surface area (Å²) in [5, 5.41) is 0. The van der Waals surface area contributed by atoms with Crippen molar-refractivity contribution in [2.45, 2.75) is 32.0 Å². The molecule has 2 aromatic carbocycles. The molecule has 0 saturated carbocycles. The molecule has 0 bridgehead atoms. The first-order valence-corrected chi connectivity index (χ1v) is 7.79. The van der Waals surface area contributed by atoms with Gasteiger partial charge in [-0.2, -0.15) is 0 Å². The number of benzene rings is 2. The maximum atomic E-state index is 13.2. The van der Waals surface area contributed by atoms with E-state index in [2.05, 4.69) is 0 Å². The molecular weight excluding hydrogens is 309 g/mol. The number of rotatable bonds is 4. The molecule has 0 spiro atoms. The van der Waals surface area contributed by atoms with E-state index in [-0.39, 0.29) is 17.8 Å². The second kappa shape index (κ2) is 6.43. The SMILES string of the molecule is CC(=O)O[C@@H]1C(=O)N(C(C)c2ccccc2)C1c1ccc(F)cc1. The zero-order valence-corrected chi connectivity index (χ0v) is 13.5. The molecule has 1 amide bonds. The second-order valence-electron chi connectivity index (χ2n) is 5.86. The number of carbonyl (C=O) groups is 2. The van der Waals surface area contributed by atoms with Gasteiger partial charge in [0.1, 0.15) is 11.9 Å². The zero-order chi connectivity index (χ0) is 17.3. The van der Waals surface area contributed by atoms with E-state index >= 15 is 0 Å². The quantitative estimate of drug-likeness (QED) is 0.639. The Kier molecular flexibility index (Phi) is 4.34. The van der Waals surface area contributed by atoms with Crippen molar-refractivity contribution in [2.75, 3.05) is 0 Å². The Labute approximate surface area is 139 Å². The third-order valence-corrected chi connectivity index (χ3v) is 4.29. The third-order valence-electron chi connectivity index (χ3n) is 4.29. The van der Waals surface area contributed by atoms with Crippen LogP contribution in [0.5, 0.6) is 0 Å². The van der Waals surface area contributed by atoms with E-state index in [9.17, 15) is 14.0 Å². The number of halogens is 1. The molecule has 24 heavy (non-hydrogen) atoms. The van der Waals surface area contributed by atoms with E-state index in [1.54, 1.807) is 17.0 Å². The minimum atomic E-state index is -0.862. The standard InChI is InChI=1S/C19H18FNO3/c1-12(14-6-4-3-5-7-14)21-17(15-8-10-16(20)11-9-15)18(19(21)23)24-13(2)22/h3-12,17-18H,1-2H3/t12?,17?,18-/m0/s1. The molecule has 1 heterocycles. The number of hydrogen-bond donors (Lipinski definition) is 0. The molecule has 2 aromatic rings. The van der Waals surface area contributed by atoms with Gasteiger partial charge in [0, 0.05) is 6.92 Å². The molecule has 1 fully saturated rings. The van der Waals surface area contributed by atoms with Crippen molar-refractivity contribution in [3.8, 4) is 0 Å². The molecule has 3 rings (SSSR count). The number of carbonyl (C=O) groups excluding carboxylic acids is 2. The largest absolute Gasteiger partial charge is 0.450 e. The van der Waals surface area contributed by atoms with Crippen LogP contribution < -0.4 is 0 Å². The lowest BCUT2D eigenvalue weighted by Crippen LogP contribution is -2.60. The van der Waals surface area contributed by atoms with Crippen LogP contribution in [-0.4, -0.2) is 22.9 Å². The van der Waals surface area contributed by atoms with Gasteiger partial charge in [0.05, 0.1) is 6.04 Å². The number of likely N-dealkylation sites (tertiary alicyclic amines) is 1. The highest BCUT2D eigenvalue weighted by Gasteiger charge is 2.52. The zero-order valence-electron chi connectivity index (χ0n) is 13.5. The molecule has 124 valence electrons. The van der Waals surface area contributed by atoms with Gasteiger partial charge in [0.15, 0.2) is 0 Å². The van der Waals surface area contributed by atoms with Crippen molar-refractivity contribution in [3.63, 3.8) is 0 Å². The van der Waals surface area contributed by atoms with Crippen LogP contribution in [0.25, 0.3) is 0 Å². The predicted molar refractivity (Wildman–Crippen MR) is 86.4 cm³/mol. The van der Waals surface area contributed by atoms with Crippen molar-refractivity contribution in [1.29, 1.82) is 0 Å². The second-order valence-corrected chi connectivity index (χ2v) is 5.86. The summed E-state index contributed by atoms with van der Waals surface area (Å²) in [4.78, 5) is 25.5. The van der Waals surface area contributed by atoms with E-state index in [0.717, 1.165) is 11.1 Å². The maximum Gasteiger partial charge on any atom is 0.303 e. The number of nitrogens with zero attached hydrogens (tertiary/aromatic N) is 1. The Balaban J connectivity index is 1.93. The minimum Gasteiger partial charge on any atom is -0.450 e. The van der Waals surface area contributed by atoms with Gasteiger partial charge in [-0.15, -0.1) is 0 Å². The van der Waals surface area contributed by atoms with Crippen molar-refractivity contribution in [1.82, 2.24) is 4.90 Å². The summed E-state index contributed by atoms with van der Waals surface area (Å²) in [5.74, 6) is -1.10. The number of β-lactam (4-membered cyclic amide) rings is 1. The topological polar surface area (TPSA) is 46.6 Å². The maximum absolute atomic E-state index is 13.2. The molecule has 0 aromatic heterocycles. The van der Waals surface area contributed by atoms with Crippen molar-refractivity contribution >= 4 is 11.9 Å². The average molecular weight is 327 g/mol. The van der Waals surface area contributed by atoms with Crippen molar-refractivity contribution in [3.05, 3.63) is 71.5 Å². The number of esters is 1. The first-order valence-electron chi connectivity index (χ1n) is 7.79. The van der Waals surface area contributed by atoms with Gasteiger partial charge in [-0.25, -0.2) is 4.39 Å². The number of ether oxygens (including phenoxy) is 1. The Hall–Kier alpha value is -2.69. The lowest BCUT2D eigenvalue weighted by atomic mass is 9.87. The summed E-state index contributed by atoms with van der Waals surface area (Å²) in [6, 6.07) is 14.9. The summed E-state index contributed by atoms with van der Waals surface area (Å²) in [6.07, 6.45) is -0.862. The van der Waals surface area contributed by atoms with Crippen LogP contribution in [0.15, 0.2) is 54.6 Å². The van der Waals surface area contributed by atoms with Crippen LogP contribution in [0.2, 0.25) is 0 Å². The summed E-state index contributed by atoms with van der Waals surface area (Å²) >= 11 is 0. The summed E-state index contributed by atoms with van der Waals surface area (Å²) in [5.41, 5.74) is 1.73. The van der Waals surface area contributed by atoms with Gasteiger partial charge in [-0.05, 0) is 30.2 Å². The predicted octanol–water partition coefficient (Wildman–Crippen LogP) is 3.40. The third kappa shape index (κ3) is 2.89. The van der Waals surface area contributed by atoms with E-state index < -0.39 is 18.1 Å². The van der Waals surface area contributed by atoms with Crippen LogP contribution in [0.3, 0.4) is 0 Å². The van der Waals surface area contributed by atoms with Crippen LogP contribution in [0.1, 0.15) is 37.1 Å². The molecule has 0 N–H and O–H groups in total. The number of hydrogen-bond acceptors (Lipinski definition) is 3.